The third-order valence-electron chi connectivity index (χ3n) is 2.44. The first-order valence-corrected chi connectivity index (χ1v) is 5.45. The van der Waals surface area contributed by atoms with E-state index in [1.54, 1.807) is 12.1 Å². The maximum atomic E-state index is 11.0. The zero-order valence-electron chi connectivity index (χ0n) is 9.49. The Morgan fingerprint density at radius 1 is 1.38 bits per heavy atom. The Morgan fingerprint density at radius 3 is 2.62 bits per heavy atom. The summed E-state index contributed by atoms with van der Waals surface area (Å²) in [6.07, 6.45) is 0.820. The molecule has 2 rings (SSSR count). The Kier molecular flexibility index (Phi) is 2.50. The zero-order valence-corrected chi connectivity index (χ0v) is 10.2. The second kappa shape index (κ2) is 3.59. The molecule has 0 aliphatic rings. The smallest absolute Gasteiger partial charge is 0.166 e. The van der Waals surface area contributed by atoms with E-state index < -0.39 is 0 Å². The highest BCUT2D eigenvalue weighted by atomic mass is 35.5. The van der Waals surface area contributed by atoms with E-state index in [1.165, 1.54) is 0 Å². The summed E-state index contributed by atoms with van der Waals surface area (Å²) in [4.78, 5) is 15.4. The maximum absolute atomic E-state index is 11.0. The summed E-state index contributed by atoms with van der Waals surface area (Å²) < 4.78 is 1.81. The molecule has 2 aromatic rings. The highest BCUT2D eigenvalue weighted by molar-refractivity contribution is 6.32. The lowest BCUT2D eigenvalue weighted by atomic mass is 9.96. The highest BCUT2D eigenvalue weighted by Gasteiger charge is 2.23. The topological polar surface area (TPSA) is 34.4 Å². The standard InChI is InChI=1S/C12H13ClN2O/c1-12(2,3)11-14-10(13)9-6-4-5-8(7-16)15(9)11/h4-7H,1-3H3. The first-order valence-electron chi connectivity index (χ1n) is 5.08. The molecule has 0 radical (unpaired) electrons. The van der Waals surface area contributed by atoms with Crippen LogP contribution < -0.4 is 0 Å². The summed E-state index contributed by atoms with van der Waals surface area (Å²) in [5.74, 6) is 0.801. The molecule has 3 nitrogen and oxygen atoms in total. The van der Waals surface area contributed by atoms with Crippen molar-refractivity contribution < 1.29 is 4.79 Å². The second-order valence-corrected chi connectivity index (χ2v) is 5.12. The van der Waals surface area contributed by atoms with Crippen LogP contribution in [0.5, 0.6) is 0 Å². The summed E-state index contributed by atoms with van der Waals surface area (Å²) in [5.41, 5.74) is 1.19. The van der Waals surface area contributed by atoms with Crippen LogP contribution in [0.2, 0.25) is 5.15 Å². The van der Waals surface area contributed by atoms with E-state index in [9.17, 15) is 4.79 Å². The Hall–Kier alpha value is -1.35. The van der Waals surface area contributed by atoms with Gasteiger partial charge in [-0.25, -0.2) is 4.98 Å². The normalized spacial score (nSPS) is 12.0. The number of carbonyl (C=O) groups excluding carboxylic acids is 1. The van der Waals surface area contributed by atoms with Gasteiger partial charge < -0.3 is 0 Å². The van der Waals surface area contributed by atoms with E-state index >= 15 is 0 Å². The third-order valence-corrected chi connectivity index (χ3v) is 2.72. The fourth-order valence-corrected chi connectivity index (χ4v) is 1.95. The number of nitrogens with zero attached hydrogens (tertiary/aromatic N) is 2. The van der Waals surface area contributed by atoms with Gasteiger partial charge in [-0.05, 0) is 12.1 Å². The average Bonchev–Trinajstić information content (AvgIpc) is 2.56. The molecule has 0 atom stereocenters. The molecule has 0 aromatic carbocycles. The van der Waals surface area contributed by atoms with Gasteiger partial charge in [-0.15, -0.1) is 0 Å². The molecule has 16 heavy (non-hydrogen) atoms. The first-order chi connectivity index (χ1) is 7.45. The Balaban J connectivity index is 2.91. The van der Waals surface area contributed by atoms with Crippen molar-refractivity contribution in [3.63, 3.8) is 0 Å². The van der Waals surface area contributed by atoms with Gasteiger partial charge in [0.15, 0.2) is 11.4 Å². The van der Waals surface area contributed by atoms with Crippen molar-refractivity contribution in [2.24, 2.45) is 0 Å². The molecular formula is C12H13ClN2O. The van der Waals surface area contributed by atoms with Gasteiger partial charge in [0.25, 0.3) is 0 Å². The molecule has 0 N–H and O–H groups in total. The van der Waals surface area contributed by atoms with Gasteiger partial charge in [0, 0.05) is 5.41 Å². The summed E-state index contributed by atoms with van der Waals surface area (Å²) in [5, 5.41) is 0.439. The maximum Gasteiger partial charge on any atom is 0.166 e. The van der Waals surface area contributed by atoms with Crippen LogP contribution in [0.15, 0.2) is 18.2 Å². The number of rotatable bonds is 1. The number of hydrogen-bond donors (Lipinski definition) is 0. The Morgan fingerprint density at radius 2 is 2.06 bits per heavy atom. The van der Waals surface area contributed by atoms with Gasteiger partial charge >= 0.3 is 0 Å². The van der Waals surface area contributed by atoms with E-state index in [1.807, 2.05) is 31.2 Å². The SMILES string of the molecule is CC(C)(C)c1nc(Cl)c2cccc(C=O)n12. The van der Waals surface area contributed by atoms with Crippen molar-refractivity contribution >= 4 is 23.4 Å². The third kappa shape index (κ3) is 1.61. The van der Waals surface area contributed by atoms with Gasteiger partial charge in [0.1, 0.15) is 5.82 Å². The molecule has 0 bridgehead atoms. The summed E-state index contributed by atoms with van der Waals surface area (Å²) in [7, 11) is 0. The van der Waals surface area contributed by atoms with Crippen LogP contribution in [0, 0.1) is 0 Å². The number of pyridine rings is 1. The number of fused-ring (bicyclic) bond motifs is 1. The molecule has 4 heteroatoms. The lowest BCUT2D eigenvalue weighted by Crippen LogP contribution is -2.17. The van der Waals surface area contributed by atoms with Crippen molar-refractivity contribution in [2.45, 2.75) is 26.2 Å². The molecule has 2 aromatic heterocycles. The van der Waals surface area contributed by atoms with Crippen molar-refractivity contribution in [3.8, 4) is 0 Å². The Bertz CT molecular complexity index is 552. The molecule has 0 saturated carbocycles. The number of hydrogen-bond acceptors (Lipinski definition) is 2. The highest BCUT2D eigenvalue weighted by Crippen LogP contribution is 2.27. The molecule has 0 aliphatic carbocycles. The molecule has 0 aliphatic heterocycles. The minimum Gasteiger partial charge on any atom is -0.296 e. The molecular weight excluding hydrogens is 224 g/mol. The number of imidazole rings is 1. The van der Waals surface area contributed by atoms with Gasteiger partial charge in [-0.3, -0.25) is 9.20 Å². The fraction of sp³-hybridized carbons (Fsp3) is 0.333. The number of aldehydes is 1. The van der Waals surface area contributed by atoms with Crippen molar-refractivity contribution in [1.29, 1.82) is 0 Å². The van der Waals surface area contributed by atoms with E-state index in [4.69, 9.17) is 11.6 Å². The predicted molar refractivity (Wildman–Crippen MR) is 64.3 cm³/mol. The second-order valence-electron chi connectivity index (χ2n) is 4.77. The van der Waals surface area contributed by atoms with Crippen LogP contribution in [-0.4, -0.2) is 15.7 Å². The Labute approximate surface area is 99.1 Å². The fourth-order valence-electron chi connectivity index (χ4n) is 1.72. The van der Waals surface area contributed by atoms with Gasteiger partial charge in [0.2, 0.25) is 0 Å². The van der Waals surface area contributed by atoms with Crippen LogP contribution in [0.4, 0.5) is 0 Å². The number of aromatic nitrogens is 2. The van der Waals surface area contributed by atoms with Gasteiger partial charge in [-0.2, -0.15) is 0 Å². The molecule has 2 heterocycles. The van der Waals surface area contributed by atoms with E-state index in [2.05, 4.69) is 4.98 Å². The number of halogens is 1. The zero-order chi connectivity index (χ0) is 11.9. The molecule has 0 unspecified atom stereocenters. The summed E-state index contributed by atoms with van der Waals surface area (Å²) >= 11 is 6.06. The van der Waals surface area contributed by atoms with Crippen molar-refractivity contribution in [1.82, 2.24) is 9.38 Å². The van der Waals surface area contributed by atoms with Crippen LogP contribution in [-0.2, 0) is 5.41 Å². The quantitative estimate of drug-likeness (QED) is 0.713. The first kappa shape index (κ1) is 11.1. The predicted octanol–water partition coefficient (Wildman–Crippen LogP) is 3.10. The van der Waals surface area contributed by atoms with Crippen LogP contribution >= 0.6 is 11.6 Å². The lowest BCUT2D eigenvalue weighted by molar-refractivity contribution is 0.111. The van der Waals surface area contributed by atoms with Crippen molar-refractivity contribution in [2.75, 3.05) is 0 Å². The monoisotopic (exact) mass is 236 g/mol. The van der Waals surface area contributed by atoms with Crippen LogP contribution in [0.25, 0.3) is 5.52 Å². The van der Waals surface area contributed by atoms with Crippen LogP contribution in [0.1, 0.15) is 37.1 Å². The van der Waals surface area contributed by atoms with Gasteiger partial charge in [0.05, 0.1) is 11.2 Å². The largest absolute Gasteiger partial charge is 0.296 e. The minimum absolute atomic E-state index is 0.158. The molecule has 0 saturated heterocycles. The summed E-state index contributed by atoms with van der Waals surface area (Å²) in [6, 6.07) is 5.42. The lowest BCUT2D eigenvalue weighted by Gasteiger charge is -2.17. The molecule has 84 valence electrons. The minimum atomic E-state index is -0.158. The molecule has 0 spiro atoms. The number of carbonyl (C=O) groups is 1. The van der Waals surface area contributed by atoms with Crippen LogP contribution in [0.3, 0.4) is 0 Å². The van der Waals surface area contributed by atoms with E-state index in [0.29, 0.717) is 10.8 Å². The average molecular weight is 237 g/mol. The van der Waals surface area contributed by atoms with Crippen molar-refractivity contribution in [3.05, 3.63) is 34.9 Å². The van der Waals surface area contributed by atoms with Gasteiger partial charge in [-0.1, -0.05) is 38.4 Å². The van der Waals surface area contributed by atoms with E-state index in [-0.39, 0.29) is 5.41 Å². The summed E-state index contributed by atoms with van der Waals surface area (Å²) in [6.45, 7) is 6.12. The van der Waals surface area contributed by atoms with E-state index in [0.717, 1.165) is 17.6 Å². The molecule has 0 amide bonds. The molecule has 0 fully saturated rings.